The van der Waals surface area contributed by atoms with E-state index in [9.17, 15) is 0 Å². The Balaban J connectivity index is 2.47. The quantitative estimate of drug-likeness (QED) is 0.576. The number of fused-ring (bicyclic) bond motifs is 1. The number of nitrogens with zero attached hydrogens (tertiary/aromatic N) is 1. The minimum Gasteiger partial charge on any atom is -0.460 e. The van der Waals surface area contributed by atoms with Crippen LogP contribution in [0.1, 0.15) is 0 Å². The maximum atomic E-state index is 5.09. The molecule has 2 rings (SSSR count). The molecule has 0 spiro atoms. The Hall–Kier alpha value is -1.51. The lowest BCUT2D eigenvalue weighted by Gasteiger charge is -2.09. The molecule has 0 atom stereocenters. The number of hydrogen-bond donors (Lipinski definition) is 1. The molecule has 0 fully saturated rings. The number of aromatic nitrogens is 1. The summed E-state index contributed by atoms with van der Waals surface area (Å²) in [6.07, 6.45) is 4.85. The molecule has 1 aliphatic rings. The Morgan fingerprint density at radius 1 is 1.60 bits per heavy atom. The molecule has 3 nitrogen and oxygen atoms in total. The second-order valence-corrected chi connectivity index (χ2v) is 1.85. The highest BCUT2D eigenvalue weighted by Crippen LogP contribution is 2.22. The Bertz CT molecular complexity index is 243. The first-order valence-corrected chi connectivity index (χ1v) is 2.91. The molecule has 0 unspecified atom stereocenters. The van der Waals surface area contributed by atoms with Crippen LogP contribution in [0.4, 0.5) is 5.82 Å². The minimum atomic E-state index is 0.713. The summed E-state index contributed by atoms with van der Waals surface area (Å²) in [4.78, 5) is 3.98. The van der Waals surface area contributed by atoms with Crippen molar-refractivity contribution in [1.82, 2.24) is 4.98 Å². The molecule has 10 heavy (non-hydrogen) atoms. The largest absolute Gasteiger partial charge is 0.460 e. The van der Waals surface area contributed by atoms with Gasteiger partial charge in [-0.15, -0.1) is 0 Å². The summed E-state index contributed by atoms with van der Waals surface area (Å²) in [7, 11) is 0. The molecule has 3 heteroatoms. The molecule has 1 radical (unpaired) electrons. The van der Waals surface area contributed by atoms with E-state index in [0.29, 0.717) is 5.75 Å². The van der Waals surface area contributed by atoms with Crippen LogP contribution in [-0.4, -0.2) is 4.98 Å². The van der Waals surface area contributed by atoms with Crippen molar-refractivity contribution in [2.24, 2.45) is 0 Å². The van der Waals surface area contributed by atoms with Crippen molar-refractivity contribution in [2.45, 2.75) is 0 Å². The van der Waals surface area contributed by atoms with Crippen molar-refractivity contribution < 1.29 is 4.74 Å². The topological polar surface area (TPSA) is 34.1 Å². The second-order valence-electron chi connectivity index (χ2n) is 1.85. The summed E-state index contributed by atoms with van der Waals surface area (Å²) in [6.45, 7) is 0. The van der Waals surface area contributed by atoms with Crippen LogP contribution in [0.3, 0.4) is 0 Å². The van der Waals surface area contributed by atoms with Gasteiger partial charge in [0.05, 0.1) is 0 Å². The van der Waals surface area contributed by atoms with Crippen molar-refractivity contribution in [2.75, 3.05) is 5.32 Å². The lowest BCUT2D eigenvalue weighted by Crippen LogP contribution is -2.00. The Labute approximate surface area is 58.3 Å². The van der Waals surface area contributed by atoms with Crippen LogP contribution in [0.15, 0.2) is 24.7 Å². The Kier molecular flexibility index (Phi) is 1.07. The van der Waals surface area contributed by atoms with E-state index >= 15 is 0 Å². The number of ether oxygens (including phenoxy) is 1. The average Bonchev–Trinajstić information content (AvgIpc) is 2.05. The lowest BCUT2D eigenvalue weighted by atomic mass is 10.4. The van der Waals surface area contributed by atoms with Gasteiger partial charge in [0, 0.05) is 18.5 Å². The van der Waals surface area contributed by atoms with Gasteiger partial charge in [-0.05, 0) is 6.07 Å². The SMILES string of the molecule is [c]1cnc2c(c1)OC=CN2. The normalized spacial score (nSPS) is 13.2. The predicted molar refractivity (Wildman–Crippen MR) is 36.5 cm³/mol. The van der Waals surface area contributed by atoms with Gasteiger partial charge in [0.1, 0.15) is 6.26 Å². The van der Waals surface area contributed by atoms with E-state index in [2.05, 4.69) is 16.4 Å². The van der Waals surface area contributed by atoms with E-state index in [-0.39, 0.29) is 0 Å². The van der Waals surface area contributed by atoms with E-state index in [4.69, 9.17) is 4.74 Å². The summed E-state index contributed by atoms with van der Waals surface area (Å²) in [5, 5.41) is 2.93. The first kappa shape index (κ1) is 5.29. The minimum absolute atomic E-state index is 0.713. The highest BCUT2D eigenvalue weighted by molar-refractivity contribution is 5.52. The number of nitrogens with one attached hydrogen (secondary N) is 1. The van der Waals surface area contributed by atoms with Crippen molar-refractivity contribution in [1.29, 1.82) is 0 Å². The van der Waals surface area contributed by atoms with Gasteiger partial charge < -0.3 is 10.1 Å². The Morgan fingerprint density at radius 3 is 3.50 bits per heavy atom. The zero-order valence-corrected chi connectivity index (χ0v) is 5.16. The molecule has 2 heterocycles. The van der Waals surface area contributed by atoms with Gasteiger partial charge in [0.2, 0.25) is 0 Å². The molecule has 0 aliphatic carbocycles. The van der Waals surface area contributed by atoms with Crippen LogP contribution in [-0.2, 0) is 0 Å². The van der Waals surface area contributed by atoms with E-state index < -0.39 is 0 Å². The molecule has 1 N–H and O–H groups in total. The third kappa shape index (κ3) is 0.719. The average molecular weight is 133 g/mol. The van der Waals surface area contributed by atoms with Crippen LogP contribution >= 0.6 is 0 Å². The van der Waals surface area contributed by atoms with Gasteiger partial charge in [-0.25, -0.2) is 4.98 Å². The summed E-state index contributed by atoms with van der Waals surface area (Å²) < 4.78 is 5.09. The first-order valence-electron chi connectivity index (χ1n) is 2.91. The predicted octanol–water partition coefficient (Wildman–Crippen LogP) is 1.16. The second kappa shape index (κ2) is 2.02. The van der Waals surface area contributed by atoms with E-state index in [1.807, 2.05) is 0 Å². The van der Waals surface area contributed by atoms with Gasteiger partial charge in [-0.2, -0.15) is 0 Å². The molecule has 1 aromatic heterocycles. The standard InChI is InChI=1S/C7H5N2O/c1-2-6-7(8-3-1)9-4-5-10-6/h2-5H,(H,8,9). The summed E-state index contributed by atoms with van der Waals surface area (Å²) in [5.74, 6) is 1.45. The number of anilines is 1. The molecular formula is C7H5N2O. The molecule has 1 aliphatic heterocycles. The van der Waals surface area contributed by atoms with E-state index in [1.54, 1.807) is 24.7 Å². The number of rotatable bonds is 0. The molecule has 0 aromatic carbocycles. The zero-order valence-electron chi connectivity index (χ0n) is 5.16. The summed E-state index contributed by atoms with van der Waals surface area (Å²) in [6, 6.07) is 4.55. The van der Waals surface area contributed by atoms with Gasteiger partial charge in [-0.1, -0.05) is 0 Å². The van der Waals surface area contributed by atoms with Crippen molar-refractivity contribution in [3.63, 3.8) is 0 Å². The maximum Gasteiger partial charge on any atom is 0.173 e. The number of pyridine rings is 1. The maximum absolute atomic E-state index is 5.09. The van der Waals surface area contributed by atoms with E-state index in [1.165, 1.54) is 0 Å². The molecule has 0 saturated carbocycles. The lowest BCUT2D eigenvalue weighted by molar-refractivity contribution is 0.474. The van der Waals surface area contributed by atoms with Gasteiger partial charge in [0.25, 0.3) is 0 Å². The van der Waals surface area contributed by atoms with Gasteiger partial charge in [-0.3, -0.25) is 0 Å². The highest BCUT2D eigenvalue weighted by Gasteiger charge is 2.03. The first-order chi connectivity index (χ1) is 4.97. The molecule has 1 aromatic rings. The van der Waals surface area contributed by atoms with Gasteiger partial charge >= 0.3 is 0 Å². The summed E-state index contributed by atoms with van der Waals surface area (Å²) >= 11 is 0. The fraction of sp³-hybridized carbons (Fsp3) is 0. The third-order valence-corrected chi connectivity index (χ3v) is 1.20. The smallest absolute Gasteiger partial charge is 0.173 e. The van der Waals surface area contributed by atoms with Crippen LogP contribution in [0.25, 0.3) is 0 Å². The molecule has 0 saturated heterocycles. The van der Waals surface area contributed by atoms with Crippen LogP contribution in [0.2, 0.25) is 0 Å². The monoisotopic (exact) mass is 133 g/mol. The van der Waals surface area contributed by atoms with E-state index in [0.717, 1.165) is 5.82 Å². The fourth-order valence-electron chi connectivity index (χ4n) is 0.765. The van der Waals surface area contributed by atoms with Crippen molar-refractivity contribution >= 4 is 5.82 Å². The molecule has 49 valence electrons. The molecule has 0 bridgehead atoms. The molecule has 0 amide bonds. The number of hydrogen-bond acceptors (Lipinski definition) is 3. The van der Waals surface area contributed by atoms with Crippen LogP contribution < -0.4 is 10.1 Å². The van der Waals surface area contributed by atoms with Crippen LogP contribution in [0.5, 0.6) is 5.75 Å². The fourth-order valence-corrected chi connectivity index (χ4v) is 0.765. The summed E-state index contributed by atoms with van der Waals surface area (Å²) in [5.41, 5.74) is 0. The van der Waals surface area contributed by atoms with Gasteiger partial charge in [0.15, 0.2) is 11.6 Å². The Morgan fingerprint density at radius 2 is 2.60 bits per heavy atom. The zero-order chi connectivity index (χ0) is 6.81. The third-order valence-electron chi connectivity index (χ3n) is 1.20. The highest BCUT2D eigenvalue weighted by atomic mass is 16.5. The van der Waals surface area contributed by atoms with Crippen LogP contribution in [0, 0.1) is 6.07 Å². The van der Waals surface area contributed by atoms with Crippen molar-refractivity contribution in [3.05, 3.63) is 30.8 Å². The molecular weight excluding hydrogens is 128 g/mol. The van der Waals surface area contributed by atoms with Crippen molar-refractivity contribution in [3.8, 4) is 5.75 Å².